The summed E-state index contributed by atoms with van der Waals surface area (Å²) in [5, 5.41) is 14.1. The number of likely N-dealkylation sites (tertiary alicyclic amines) is 1. The fourth-order valence-electron chi connectivity index (χ4n) is 4.06. The van der Waals surface area contributed by atoms with Crippen LogP contribution in [0, 0.1) is 11.8 Å². The monoisotopic (exact) mass is 428 g/mol. The van der Waals surface area contributed by atoms with Gasteiger partial charge in [-0.2, -0.15) is 0 Å². The van der Waals surface area contributed by atoms with Crippen molar-refractivity contribution >= 4 is 17.5 Å². The molecule has 2 aromatic carbocycles. The minimum absolute atomic E-state index is 0.0489. The van der Waals surface area contributed by atoms with Crippen molar-refractivity contribution in [3.63, 3.8) is 0 Å². The molecule has 1 fully saturated rings. The van der Waals surface area contributed by atoms with Crippen LogP contribution in [0.15, 0.2) is 42.5 Å². The number of carbonyl (C=O) groups excluding carboxylic acids is 1. The number of aromatic hydroxyl groups is 1. The van der Waals surface area contributed by atoms with Crippen molar-refractivity contribution in [2.45, 2.75) is 46.1 Å². The molecule has 2 aromatic rings. The van der Waals surface area contributed by atoms with Gasteiger partial charge in [-0.15, -0.1) is 0 Å². The molecule has 0 radical (unpaired) electrons. The molecule has 0 bridgehead atoms. The number of phenols is 1. The highest BCUT2D eigenvalue weighted by Crippen LogP contribution is 2.30. The van der Waals surface area contributed by atoms with Crippen LogP contribution in [0.25, 0.3) is 0 Å². The maximum absolute atomic E-state index is 12.5. The Labute approximate surface area is 185 Å². The Morgan fingerprint density at radius 3 is 2.57 bits per heavy atom. The van der Waals surface area contributed by atoms with Crippen LogP contribution in [0.4, 0.5) is 0 Å². The summed E-state index contributed by atoms with van der Waals surface area (Å²) >= 11 is 6.27. The van der Waals surface area contributed by atoms with Gasteiger partial charge < -0.3 is 10.4 Å². The van der Waals surface area contributed by atoms with Gasteiger partial charge in [0.1, 0.15) is 5.75 Å². The zero-order valence-corrected chi connectivity index (χ0v) is 18.8. The highest BCUT2D eigenvalue weighted by Gasteiger charge is 2.22. The number of phenolic OH excluding ortho intramolecular Hbond substituents is 1. The van der Waals surface area contributed by atoms with Crippen molar-refractivity contribution in [3.8, 4) is 5.75 Å². The molecule has 0 atom stereocenters. The molecule has 0 saturated carbocycles. The van der Waals surface area contributed by atoms with Gasteiger partial charge in [0.2, 0.25) is 0 Å². The van der Waals surface area contributed by atoms with E-state index in [1.54, 1.807) is 12.1 Å². The van der Waals surface area contributed by atoms with E-state index < -0.39 is 0 Å². The number of carbonyl (C=O) groups is 1. The molecule has 0 spiro atoms. The number of benzene rings is 2. The van der Waals surface area contributed by atoms with Crippen LogP contribution in [0.2, 0.25) is 5.02 Å². The summed E-state index contributed by atoms with van der Waals surface area (Å²) in [7, 11) is 0. The number of amides is 1. The second-order valence-corrected chi connectivity index (χ2v) is 9.25. The largest absolute Gasteiger partial charge is 0.507 e. The molecule has 5 heteroatoms. The zero-order chi connectivity index (χ0) is 21.5. The third kappa shape index (κ3) is 6.48. The summed E-state index contributed by atoms with van der Waals surface area (Å²) in [6.45, 7) is 7.40. The minimum atomic E-state index is -0.265. The molecule has 1 amide bonds. The first-order valence-electron chi connectivity index (χ1n) is 11.0. The van der Waals surface area contributed by atoms with Gasteiger partial charge in [-0.1, -0.05) is 55.8 Å². The topological polar surface area (TPSA) is 52.6 Å². The van der Waals surface area contributed by atoms with Crippen molar-refractivity contribution in [1.29, 1.82) is 0 Å². The van der Waals surface area contributed by atoms with E-state index in [4.69, 9.17) is 11.6 Å². The summed E-state index contributed by atoms with van der Waals surface area (Å²) in [5.74, 6) is 0.990. The first-order valence-corrected chi connectivity index (χ1v) is 11.4. The fourth-order valence-corrected chi connectivity index (χ4v) is 4.30. The van der Waals surface area contributed by atoms with E-state index in [9.17, 15) is 9.90 Å². The second-order valence-electron chi connectivity index (χ2n) is 8.81. The van der Waals surface area contributed by atoms with Gasteiger partial charge in [-0.05, 0) is 68.3 Å². The second kappa shape index (κ2) is 10.8. The summed E-state index contributed by atoms with van der Waals surface area (Å²) in [6.07, 6.45) is 4.30. The number of hydrogen-bond donors (Lipinski definition) is 2. The molecular formula is C25H33ClN2O2. The Morgan fingerprint density at radius 1 is 1.20 bits per heavy atom. The van der Waals surface area contributed by atoms with Gasteiger partial charge in [-0.25, -0.2) is 0 Å². The van der Waals surface area contributed by atoms with Crippen LogP contribution in [-0.2, 0) is 13.0 Å². The van der Waals surface area contributed by atoms with Crippen LogP contribution in [0.3, 0.4) is 0 Å². The first-order chi connectivity index (χ1) is 14.4. The normalized spacial score (nSPS) is 15.5. The number of halogens is 1. The highest BCUT2D eigenvalue weighted by atomic mass is 35.5. The predicted molar refractivity (Wildman–Crippen MR) is 123 cm³/mol. The van der Waals surface area contributed by atoms with E-state index in [1.807, 2.05) is 0 Å². The van der Waals surface area contributed by atoms with E-state index in [2.05, 4.69) is 54.4 Å². The SMILES string of the molecule is CC(C)CCNC(=O)c1cc(Cl)cc(CN2CCC(Cc3ccccc3)CC2)c1O. The van der Waals surface area contributed by atoms with Crippen LogP contribution in [0.1, 0.15) is 54.6 Å². The summed E-state index contributed by atoms with van der Waals surface area (Å²) in [6, 6.07) is 14.0. The third-order valence-electron chi connectivity index (χ3n) is 5.87. The maximum Gasteiger partial charge on any atom is 0.255 e. The van der Waals surface area contributed by atoms with Gasteiger partial charge in [0.15, 0.2) is 0 Å². The van der Waals surface area contributed by atoms with Crippen molar-refractivity contribution in [2.24, 2.45) is 11.8 Å². The van der Waals surface area contributed by atoms with Gasteiger partial charge in [0.05, 0.1) is 5.56 Å². The Bertz CT molecular complexity index is 831. The molecule has 1 aliphatic heterocycles. The van der Waals surface area contributed by atoms with E-state index >= 15 is 0 Å². The van der Waals surface area contributed by atoms with Gasteiger partial charge >= 0.3 is 0 Å². The predicted octanol–water partition coefficient (Wildman–Crippen LogP) is 5.28. The summed E-state index contributed by atoms with van der Waals surface area (Å²) in [4.78, 5) is 14.9. The standard InChI is InChI=1S/C25H33ClN2O2/c1-18(2)8-11-27-25(30)23-16-22(26)15-21(24(23)29)17-28-12-9-20(10-13-28)14-19-6-4-3-5-7-19/h3-7,15-16,18,20,29H,8-14,17H2,1-2H3,(H,27,30). The molecule has 1 saturated heterocycles. The lowest BCUT2D eigenvalue weighted by Gasteiger charge is -2.32. The molecule has 2 N–H and O–H groups in total. The summed E-state index contributed by atoms with van der Waals surface area (Å²) in [5.41, 5.74) is 2.38. The zero-order valence-electron chi connectivity index (χ0n) is 18.0. The molecule has 4 nitrogen and oxygen atoms in total. The fraction of sp³-hybridized carbons (Fsp3) is 0.480. The van der Waals surface area contributed by atoms with Crippen LogP contribution < -0.4 is 5.32 Å². The number of rotatable bonds is 8. The maximum atomic E-state index is 12.5. The Balaban J connectivity index is 1.57. The molecule has 0 unspecified atom stereocenters. The molecule has 162 valence electrons. The first kappa shape index (κ1) is 22.6. The number of hydrogen-bond acceptors (Lipinski definition) is 3. The van der Waals surface area contributed by atoms with Crippen molar-refractivity contribution < 1.29 is 9.90 Å². The highest BCUT2D eigenvalue weighted by molar-refractivity contribution is 6.31. The molecule has 1 aliphatic rings. The molecule has 30 heavy (non-hydrogen) atoms. The van der Waals surface area contributed by atoms with E-state index in [0.29, 0.717) is 29.9 Å². The van der Waals surface area contributed by atoms with E-state index in [0.717, 1.165) is 44.3 Å². The lowest BCUT2D eigenvalue weighted by molar-refractivity contribution is 0.0949. The Hall–Kier alpha value is -2.04. The quantitative estimate of drug-likeness (QED) is 0.601. The van der Waals surface area contributed by atoms with Gasteiger partial charge in [-0.3, -0.25) is 9.69 Å². The third-order valence-corrected chi connectivity index (χ3v) is 6.09. The van der Waals surface area contributed by atoms with E-state index in [1.165, 1.54) is 5.56 Å². The van der Waals surface area contributed by atoms with Gasteiger partial charge in [0.25, 0.3) is 5.91 Å². The van der Waals surface area contributed by atoms with Crippen molar-refractivity contribution in [2.75, 3.05) is 19.6 Å². The average molecular weight is 429 g/mol. The summed E-state index contributed by atoms with van der Waals surface area (Å²) < 4.78 is 0. The molecule has 1 heterocycles. The number of nitrogens with zero attached hydrogens (tertiary/aromatic N) is 1. The lowest BCUT2D eigenvalue weighted by atomic mass is 9.90. The van der Waals surface area contributed by atoms with Crippen LogP contribution >= 0.6 is 11.6 Å². The van der Waals surface area contributed by atoms with Crippen molar-refractivity contribution in [1.82, 2.24) is 10.2 Å². The minimum Gasteiger partial charge on any atom is -0.507 e. The number of piperidine rings is 1. The van der Waals surface area contributed by atoms with E-state index in [-0.39, 0.29) is 17.2 Å². The lowest BCUT2D eigenvalue weighted by Crippen LogP contribution is -2.34. The molecular weight excluding hydrogens is 396 g/mol. The smallest absolute Gasteiger partial charge is 0.255 e. The average Bonchev–Trinajstić information content (AvgIpc) is 2.72. The molecule has 3 rings (SSSR count). The Morgan fingerprint density at radius 2 is 1.90 bits per heavy atom. The van der Waals surface area contributed by atoms with Gasteiger partial charge in [0, 0.05) is 23.7 Å². The number of nitrogens with one attached hydrogen (secondary N) is 1. The Kier molecular flexibility index (Phi) is 8.17. The van der Waals surface area contributed by atoms with Crippen LogP contribution in [0.5, 0.6) is 5.75 Å². The molecule has 0 aromatic heterocycles. The molecule has 0 aliphatic carbocycles. The van der Waals surface area contributed by atoms with Crippen molar-refractivity contribution in [3.05, 3.63) is 64.2 Å². The van der Waals surface area contributed by atoms with Crippen LogP contribution in [-0.4, -0.2) is 35.5 Å².